The molecule has 7 heteroatoms. The molecule has 2 unspecified atom stereocenters. The Labute approximate surface area is 157 Å². The normalized spacial score (nSPS) is 24.8. The molecule has 1 amide bonds. The minimum atomic E-state index is -0.0424. The molecule has 0 spiro atoms. The molecule has 142 valence electrons. The van der Waals surface area contributed by atoms with E-state index < -0.39 is 0 Å². The molecule has 1 aromatic rings. The Hall–Kier alpha value is -1.11. The Morgan fingerprint density at radius 3 is 2.96 bits per heavy atom. The molecule has 2 atom stereocenters. The molecule has 2 aliphatic rings. The van der Waals surface area contributed by atoms with Crippen LogP contribution in [0.4, 0.5) is 0 Å². The lowest BCUT2D eigenvalue weighted by Crippen LogP contribution is -2.43. The number of nitrogens with one attached hydrogen (secondary N) is 2. The summed E-state index contributed by atoms with van der Waals surface area (Å²) >= 11 is 0. The molecule has 0 aromatic carbocycles. The number of likely N-dealkylation sites (tertiary alicyclic amines) is 1. The van der Waals surface area contributed by atoms with Crippen LogP contribution in [0.25, 0.3) is 0 Å². The molecular weight excluding hydrogens is 338 g/mol. The van der Waals surface area contributed by atoms with Gasteiger partial charge in [-0.2, -0.15) is 5.10 Å². The highest BCUT2D eigenvalue weighted by molar-refractivity contribution is 5.92. The van der Waals surface area contributed by atoms with Crippen molar-refractivity contribution in [3.63, 3.8) is 0 Å². The van der Waals surface area contributed by atoms with Crippen LogP contribution >= 0.6 is 12.4 Å². The number of carbonyl (C=O) groups excluding carboxylic acids is 1. The lowest BCUT2D eigenvalue weighted by atomic mass is 9.97. The number of piperidine rings is 2. The molecule has 25 heavy (non-hydrogen) atoms. The third-order valence-electron chi connectivity index (χ3n) is 5.32. The van der Waals surface area contributed by atoms with Crippen LogP contribution in [0, 0.1) is 5.92 Å². The minimum absolute atomic E-state index is 0. The van der Waals surface area contributed by atoms with Gasteiger partial charge >= 0.3 is 0 Å². The van der Waals surface area contributed by atoms with Gasteiger partial charge in [-0.1, -0.05) is 0 Å². The zero-order valence-electron chi connectivity index (χ0n) is 15.4. The number of hydrogen-bond donors (Lipinski definition) is 2. The second kappa shape index (κ2) is 9.55. The van der Waals surface area contributed by atoms with Crippen molar-refractivity contribution in [1.82, 2.24) is 25.3 Å². The summed E-state index contributed by atoms with van der Waals surface area (Å²) < 4.78 is 1.95. The monoisotopic (exact) mass is 369 g/mol. The fourth-order valence-electron chi connectivity index (χ4n) is 3.78. The average molecular weight is 370 g/mol. The van der Waals surface area contributed by atoms with Gasteiger partial charge in [0.05, 0.1) is 6.04 Å². The van der Waals surface area contributed by atoms with Crippen molar-refractivity contribution in [1.29, 1.82) is 0 Å². The molecule has 2 fully saturated rings. The molecular formula is C18H32ClN5O. The standard InChI is InChI=1S/C18H31N5O.ClH/c1-14(2)22-9-4-5-15(13-22)11-20-18(24)17-7-10-23(21-17)16-6-3-8-19-12-16;/h7,10,14-16,19H,3-6,8-9,11-13H2,1-2H3,(H,20,24);1H. The van der Waals surface area contributed by atoms with E-state index in [2.05, 4.69) is 34.5 Å². The van der Waals surface area contributed by atoms with Gasteiger partial charge in [0.15, 0.2) is 0 Å². The Morgan fingerprint density at radius 2 is 2.24 bits per heavy atom. The lowest BCUT2D eigenvalue weighted by Gasteiger charge is -2.35. The summed E-state index contributed by atoms with van der Waals surface area (Å²) in [6, 6.07) is 2.80. The van der Waals surface area contributed by atoms with Crippen molar-refractivity contribution in [3.8, 4) is 0 Å². The summed E-state index contributed by atoms with van der Waals surface area (Å²) in [6.07, 6.45) is 6.66. The molecule has 2 N–H and O–H groups in total. The first kappa shape index (κ1) is 20.2. The van der Waals surface area contributed by atoms with Gasteiger partial charge in [0.2, 0.25) is 0 Å². The number of halogens is 1. The molecule has 0 bridgehead atoms. The number of aromatic nitrogens is 2. The molecule has 6 nitrogen and oxygen atoms in total. The number of hydrogen-bond acceptors (Lipinski definition) is 4. The van der Waals surface area contributed by atoms with Gasteiger partial charge in [-0.25, -0.2) is 0 Å². The van der Waals surface area contributed by atoms with Crippen LogP contribution in [0.15, 0.2) is 12.3 Å². The molecule has 2 aliphatic heterocycles. The van der Waals surface area contributed by atoms with Gasteiger partial charge in [0.25, 0.3) is 5.91 Å². The predicted molar refractivity (Wildman–Crippen MR) is 102 cm³/mol. The Bertz CT molecular complexity index is 541. The third-order valence-corrected chi connectivity index (χ3v) is 5.32. The smallest absolute Gasteiger partial charge is 0.271 e. The molecule has 0 radical (unpaired) electrons. The van der Waals surface area contributed by atoms with Crippen molar-refractivity contribution >= 4 is 18.3 Å². The summed E-state index contributed by atoms with van der Waals surface area (Å²) in [5.41, 5.74) is 0.539. The van der Waals surface area contributed by atoms with Crippen LogP contribution in [0.5, 0.6) is 0 Å². The topological polar surface area (TPSA) is 62.2 Å². The van der Waals surface area contributed by atoms with Crippen LogP contribution in [0.1, 0.15) is 56.1 Å². The lowest BCUT2D eigenvalue weighted by molar-refractivity contribution is 0.0916. The van der Waals surface area contributed by atoms with E-state index >= 15 is 0 Å². The van der Waals surface area contributed by atoms with E-state index in [1.54, 1.807) is 0 Å². The molecule has 1 aromatic heterocycles. The van der Waals surface area contributed by atoms with Crippen molar-refractivity contribution < 1.29 is 4.79 Å². The molecule has 3 heterocycles. The van der Waals surface area contributed by atoms with E-state index in [-0.39, 0.29) is 18.3 Å². The Balaban J connectivity index is 0.00000225. The highest BCUT2D eigenvalue weighted by Crippen LogP contribution is 2.18. The number of carbonyl (C=O) groups is 1. The predicted octanol–water partition coefficient (Wildman–Crippen LogP) is 2.08. The van der Waals surface area contributed by atoms with E-state index in [1.165, 1.54) is 25.8 Å². The largest absolute Gasteiger partial charge is 0.350 e. The van der Waals surface area contributed by atoms with Gasteiger partial charge in [0.1, 0.15) is 5.69 Å². The molecule has 0 aliphatic carbocycles. The van der Waals surface area contributed by atoms with Crippen LogP contribution in [-0.4, -0.2) is 59.4 Å². The van der Waals surface area contributed by atoms with Crippen molar-refractivity contribution in [2.75, 3.05) is 32.7 Å². The summed E-state index contributed by atoms with van der Waals surface area (Å²) in [5, 5.41) is 11.0. The summed E-state index contributed by atoms with van der Waals surface area (Å²) in [4.78, 5) is 14.9. The van der Waals surface area contributed by atoms with E-state index in [1.807, 2.05) is 16.9 Å². The number of rotatable bonds is 5. The first-order chi connectivity index (χ1) is 11.6. The molecule has 2 saturated heterocycles. The van der Waals surface area contributed by atoms with E-state index in [0.29, 0.717) is 23.7 Å². The summed E-state index contributed by atoms with van der Waals surface area (Å²) in [5.74, 6) is 0.508. The highest BCUT2D eigenvalue weighted by atomic mass is 35.5. The summed E-state index contributed by atoms with van der Waals surface area (Å²) in [7, 11) is 0. The van der Waals surface area contributed by atoms with Crippen LogP contribution in [-0.2, 0) is 0 Å². The van der Waals surface area contributed by atoms with Crippen LogP contribution in [0.3, 0.4) is 0 Å². The average Bonchev–Trinajstić information content (AvgIpc) is 3.11. The van der Waals surface area contributed by atoms with Gasteiger partial charge in [-0.3, -0.25) is 9.48 Å². The van der Waals surface area contributed by atoms with E-state index in [0.717, 1.165) is 32.6 Å². The highest BCUT2D eigenvalue weighted by Gasteiger charge is 2.23. The zero-order valence-corrected chi connectivity index (χ0v) is 16.2. The van der Waals surface area contributed by atoms with Crippen LogP contribution in [0.2, 0.25) is 0 Å². The van der Waals surface area contributed by atoms with Gasteiger partial charge in [-0.05, 0) is 64.6 Å². The Morgan fingerprint density at radius 1 is 1.40 bits per heavy atom. The molecule has 0 saturated carbocycles. The Kier molecular flexibility index (Phi) is 7.72. The fourth-order valence-corrected chi connectivity index (χ4v) is 3.78. The summed E-state index contributed by atoms with van der Waals surface area (Å²) in [6.45, 7) is 9.53. The maximum Gasteiger partial charge on any atom is 0.271 e. The van der Waals surface area contributed by atoms with Crippen molar-refractivity contribution in [2.24, 2.45) is 5.92 Å². The first-order valence-electron chi connectivity index (χ1n) is 9.41. The first-order valence-corrected chi connectivity index (χ1v) is 9.41. The minimum Gasteiger partial charge on any atom is -0.350 e. The molecule has 3 rings (SSSR count). The van der Waals surface area contributed by atoms with Crippen LogP contribution < -0.4 is 10.6 Å². The SMILES string of the molecule is CC(C)N1CCCC(CNC(=O)c2ccn(C3CCCNC3)n2)C1.Cl. The van der Waals surface area contributed by atoms with Crippen molar-refractivity contribution in [2.45, 2.75) is 51.6 Å². The van der Waals surface area contributed by atoms with Gasteiger partial charge < -0.3 is 15.5 Å². The number of amides is 1. The van der Waals surface area contributed by atoms with Gasteiger partial charge in [-0.15, -0.1) is 12.4 Å². The van der Waals surface area contributed by atoms with Gasteiger partial charge in [0, 0.05) is 31.9 Å². The fraction of sp³-hybridized carbons (Fsp3) is 0.778. The van der Waals surface area contributed by atoms with E-state index in [4.69, 9.17) is 0 Å². The number of nitrogens with zero attached hydrogens (tertiary/aromatic N) is 3. The second-order valence-corrected chi connectivity index (χ2v) is 7.49. The second-order valence-electron chi connectivity index (χ2n) is 7.49. The third kappa shape index (κ3) is 5.43. The quantitative estimate of drug-likeness (QED) is 0.834. The van der Waals surface area contributed by atoms with Crippen molar-refractivity contribution in [3.05, 3.63) is 18.0 Å². The maximum absolute atomic E-state index is 12.4. The zero-order chi connectivity index (χ0) is 16.9. The maximum atomic E-state index is 12.4. The van der Waals surface area contributed by atoms with E-state index in [9.17, 15) is 4.79 Å².